The third-order valence-electron chi connectivity index (χ3n) is 6.18. The fraction of sp³-hybridized carbons (Fsp3) is 0.348. The van der Waals surface area contributed by atoms with Gasteiger partial charge in [-0.15, -0.1) is 5.10 Å². The molecule has 1 aliphatic heterocycles. The summed E-state index contributed by atoms with van der Waals surface area (Å²) in [4.78, 5) is 5.20. The minimum Gasteiger partial charge on any atom is -0.488 e. The number of ether oxygens (including phenoxy) is 1. The molecule has 1 N–H and O–H groups in total. The van der Waals surface area contributed by atoms with Crippen LogP contribution >= 0.6 is 0 Å². The van der Waals surface area contributed by atoms with E-state index in [1.165, 1.54) is 32.3 Å². The number of likely N-dealkylation sites (tertiary alicyclic amines) is 1. The lowest BCUT2D eigenvalue weighted by Gasteiger charge is -2.31. The molecule has 13 heteroatoms. The van der Waals surface area contributed by atoms with Crippen LogP contribution in [0.2, 0.25) is 0 Å². The van der Waals surface area contributed by atoms with Crippen LogP contribution in [0.5, 0.6) is 5.75 Å². The van der Waals surface area contributed by atoms with Gasteiger partial charge in [0.1, 0.15) is 41.7 Å². The summed E-state index contributed by atoms with van der Waals surface area (Å²) in [6.45, 7) is 1.86. The Morgan fingerprint density at radius 1 is 1.31 bits per heavy atom. The summed E-state index contributed by atoms with van der Waals surface area (Å²) in [6.07, 6.45) is 3.43. The van der Waals surface area contributed by atoms with Crippen molar-refractivity contribution in [3.63, 3.8) is 0 Å². The SMILES string of the molecule is Cc1c(-c2cc(OC[C@H](O)c3ccc(F)cn3)c3c(F)cnn3c2)nnn1[C@H]1CCN(C#N)C[C@H]1F. The Balaban J connectivity index is 1.44. The van der Waals surface area contributed by atoms with Crippen LogP contribution in [0.15, 0.2) is 36.8 Å². The molecule has 0 unspecified atom stereocenters. The van der Waals surface area contributed by atoms with Crippen molar-refractivity contribution >= 4 is 5.52 Å². The second-order valence-electron chi connectivity index (χ2n) is 8.49. The van der Waals surface area contributed by atoms with E-state index in [1.54, 1.807) is 13.1 Å². The number of pyridine rings is 2. The third kappa shape index (κ3) is 4.31. The maximum absolute atomic E-state index is 14.8. The number of halogens is 3. The van der Waals surface area contributed by atoms with Crippen LogP contribution < -0.4 is 4.74 Å². The number of hydrogen-bond donors (Lipinski definition) is 1. The lowest BCUT2D eigenvalue weighted by atomic mass is 10.0. The predicted molar refractivity (Wildman–Crippen MR) is 119 cm³/mol. The molecule has 36 heavy (non-hydrogen) atoms. The number of alkyl halides is 1. The van der Waals surface area contributed by atoms with E-state index < -0.39 is 30.0 Å². The Labute approximate surface area is 203 Å². The van der Waals surface area contributed by atoms with Gasteiger partial charge in [-0.25, -0.2) is 22.4 Å². The zero-order valence-electron chi connectivity index (χ0n) is 19.1. The number of piperidine rings is 1. The zero-order valence-corrected chi connectivity index (χ0v) is 19.1. The zero-order chi connectivity index (χ0) is 25.4. The highest BCUT2D eigenvalue weighted by Gasteiger charge is 2.33. The molecule has 5 rings (SSSR count). The van der Waals surface area contributed by atoms with Gasteiger partial charge in [0.25, 0.3) is 0 Å². The van der Waals surface area contributed by atoms with Gasteiger partial charge in [0.2, 0.25) is 0 Å². The van der Waals surface area contributed by atoms with Crippen molar-refractivity contribution in [1.29, 1.82) is 5.26 Å². The maximum atomic E-state index is 14.8. The summed E-state index contributed by atoms with van der Waals surface area (Å²) in [5.74, 6) is -1.08. The fourth-order valence-electron chi connectivity index (χ4n) is 4.31. The van der Waals surface area contributed by atoms with Gasteiger partial charge in [0.05, 0.1) is 36.4 Å². The molecule has 0 amide bonds. The normalized spacial score (nSPS) is 18.8. The molecular formula is C23H21F3N8O2. The van der Waals surface area contributed by atoms with Crippen LogP contribution in [-0.4, -0.2) is 65.5 Å². The predicted octanol–water partition coefficient (Wildman–Crippen LogP) is 2.75. The van der Waals surface area contributed by atoms with E-state index in [0.29, 0.717) is 29.9 Å². The molecule has 5 heterocycles. The van der Waals surface area contributed by atoms with E-state index >= 15 is 0 Å². The van der Waals surface area contributed by atoms with Gasteiger partial charge < -0.3 is 14.7 Å². The van der Waals surface area contributed by atoms with Crippen molar-refractivity contribution in [1.82, 2.24) is 34.5 Å². The van der Waals surface area contributed by atoms with Gasteiger partial charge in [-0.1, -0.05) is 5.21 Å². The third-order valence-corrected chi connectivity index (χ3v) is 6.18. The Hall–Kier alpha value is -4.18. The minimum absolute atomic E-state index is 0.0163. The second kappa shape index (κ2) is 9.46. The number of nitriles is 1. The quantitative estimate of drug-likeness (QED) is 0.404. The van der Waals surface area contributed by atoms with E-state index in [0.717, 1.165) is 12.4 Å². The molecule has 1 fully saturated rings. The minimum atomic E-state index is -1.30. The average molecular weight is 498 g/mol. The molecule has 186 valence electrons. The smallest absolute Gasteiger partial charge is 0.179 e. The topological polar surface area (TPSA) is 117 Å². The number of fused-ring (bicyclic) bond motifs is 1. The largest absolute Gasteiger partial charge is 0.488 e. The van der Waals surface area contributed by atoms with Gasteiger partial charge in [0.15, 0.2) is 12.0 Å². The first kappa shape index (κ1) is 23.6. The number of aliphatic hydroxyl groups is 1. The standard InChI is InChI=1S/C23H21F3N8O2/c1-13-22(30-31-34(13)19-4-5-32(12-27)10-17(19)26)14-6-21(23-16(25)8-29-33(23)9-14)36-11-20(35)18-3-2-15(24)7-28-18/h2-3,6-9,17,19-20,35H,4-5,10-11H2,1H3/t17-,19+,20+/m1/s1. The highest BCUT2D eigenvalue weighted by molar-refractivity contribution is 5.70. The van der Waals surface area contributed by atoms with Crippen molar-refractivity contribution in [2.45, 2.75) is 31.7 Å². The second-order valence-corrected chi connectivity index (χ2v) is 8.49. The van der Waals surface area contributed by atoms with Crippen LogP contribution in [0, 0.1) is 30.0 Å². The molecule has 10 nitrogen and oxygen atoms in total. The van der Waals surface area contributed by atoms with E-state index in [4.69, 9.17) is 10.00 Å². The molecule has 3 atom stereocenters. The summed E-state index contributed by atoms with van der Waals surface area (Å²) >= 11 is 0. The average Bonchev–Trinajstić information content (AvgIpc) is 3.45. The Morgan fingerprint density at radius 3 is 2.86 bits per heavy atom. The number of aliphatic hydroxyl groups excluding tert-OH is 1. The molecule has 1 aliphatic rings. The molecule has 0 saturated carbocycles. The van der Waals surface area contributed by atoms with E-state index in [-0.39, 0.29) is 30.1 Å². The van der Waals surface area contributed by atoms with Crippen LogP contribution in [-0.2, 0) is 0 Å². The van der Waals surface area contributed by atoms with Gasteiger partial charge in [0, 0.05) is 18.3 Å². The van der Waals surface area contributed by atoms with Gasteiger partial charge in [-0.2, -0.15) is 10.4 Å². The molecule has 1 saturated heterocycles. The summed E-state index contributed by atoms with van der Waals surface area (Å²) in [7, 11) is 0. The summed E-state index contributed by atoms with van der Waals surface area (Å²) in [5, 5.41) is 31.8. The van der Waals surface area contributed by atoms with Crippen LogP contribution in [0.3, 0.4) is 0 Å². The lowest BCUT2D eigenvalue weighted by molar-refractivity contribution is 0.105. The van der Waals surface area contributed by atoms with Crippen molar-refractivity contribution in [2.24, 2.45) is 0 Å². The summed E-state index contributed by atoms with van der Waals surface area (Å²) in [6, 6.07) is 3.46. The van der Waals surface area contributed by atoms with Crippen molar-refractivity contribution in [2.75, 3.05) is 19.7 Å². The lowest BCUT2D eigenvalue weighted by Crippen LogP contribution is -2.40. The Bertz CT molecular complexity index is 1430. The highest BCUT2D eigenvalue weighted by atomic mass is 19.1. The monoisotopic (exact) mass is 498 g/mol. The maximum Gasteiger partial charge on any atom is 0.179 e. The van der Waals surface area contributed by atoms with Gasteiger partial charge in [-0.3, -0.25) is 4.98 Å². The number of hydrogen-bond acceptors (Lipinski definition) is 8. The van der Waals surface area contributed by atoms with Gasteiger partial charge >= 0.3 is 0 Å². The molecule has 0 aliphatic carbocycles. The molecule has 0 radical (unpaired) electrons. The van der Waals surface area contributed by atoms with E-state index in [9.17, 15) is 18.3 Å². The summed E-state index contributed by atoms with van der Waals surface area (Å²) < 4.78 is 50.9. The Morgan fingerprint density at radius 2 is 2.14 bits per heavy atom. The first-order valence-electron chi connectivity index (χ1n) is 11.2. The number of aromatic nitrogens is 6. The Kier molecular flexibility index (Phi) is 6.19. The van der Waals surface area contributed by atoms with E-state index in [1.807, 2.05) is 6.19 Å². The van der Waals surface area contributed by atoms with Crippen LogP contribution in [0.1, 0.15) is 30.0 Å². The number of rotatable bonds is 6. The van der Waals surface area contributed by atoms with Gasteiger partial charge in [-0.05, 0) is 31.5 Å². The first-order chi connectivity index (χ1) is 17.4. The van der Waals surface area contributed by atoms with Crippen LogP contribution in [0.25, 0.3) is 16.8 Å². The molecule has 0 bridgehead atoms. The molecule has 4 aromatic heterocycles. The molecule has 0 spiro atoms. The van der Waals surface area contributed by atoms with Crippen molar-refractivity contribution in [3.05, 3.63) is 59.8 Å². The van der Waals surface area contributed by atoms with Crippen molar-refractivity contribution < 1.29 is 23.0 Å². The first-order valence-corrected chi connectivity index (χ1v) is 11.2. The van der Waals surface area contributed by atoms with Crippen molar-refractivity contribution in [3.8, 4) is 23.2 Å². The fourth-order valence-corrected chi connectivity index (χ4v) is 4.31. The number of nitrogens with zero attached hydrogens (tertiary/aromatic N) is 8. The molecule has 0 aromatic carbocycles. The van der Waals surface area contributed by atoms with E-state index in [2.05, 4.69) is 20.4 Å². The highest BCUT2D eigenvalue weighted by Crippen LogP contribution is 2.33. The summed E-state index contributed by atoms with van der Waals surface area (Å²) in [5.41, 5.74) is 1.74. The molecule has 4 aromatic rings. The molecular weight excluding hydrogens is 477 g/mol. The van der Waals surface area contributed by atoms with Crippen LogP contribution in [0.4, 0.5) is 13.2 Å².